The molecule has 0 atom stereocenters. The summed E-state index contributed by atoms with van der Waals surface area (Å²) in [5.74, 6) is 0.0580. The van der Waals surface area contributed by atoms with Gasteiger partial charge >= 0.3 is 0 Å². The molecule has 0 saturated carbocycles. The molecule has 2 aromatic heterocycles. The van der Waals surface area contributed by atoms with E-state index in [-0.39, 0.29) is 17.6 Å². The Morgan fingerprint density at radius 1 is 1.07 bits per heavy atom. The minimum absolute atomic E-state index is 0.0142. The van der Waals surface area contributed by atoms with Crippen LogP contribution in [0.2, 0.25) is 5.02 Å². The topological polar surface area (TPSA) is 81.7 Å². The molecule has 27 heavy (non-hydrogen) atoms. The van der Waals surface area contributed by atoms with Gasteiger partial charge < -0.3 is 11.1 Å². The van der Waals surface area contributed by atoms with E-state index in [1.807, 2.05) is 31.2 Å². The van der Waals surface area contributed by atoms with Gasteiger partial charge in [0.15, 0.2) is 11.6 Å². The van der Waals surface area contributed by atoms with Crippen molar-refractivity contribution in [2.45, 2.75) is 13.3 Å². The summed E-state index contributed by atoms with van der Waals surface area (Å²) in [5.41, 5.74) is 8.10. The summed E-state index contributed by atoms with van der Waals surface area (Å²) in [6, 6.07) is 14.5. The molecule has 2 aromatic carbocycles. The first-order valence-corrected chi connectivity index (χ1v) is 8.77. The molecule has 2 heterocycles. The van der Waals surface area contributed by atoms with Crippen molar-refractivity contribution in [3.05, 3.63) is 65.2 Å². The van der Waals surface area contributed by atoms with Gasteiger partial charge in [0.2, 0.25) is 11.8 Å². The summed E-state index contributed by atoms with van der Waals surface area (Å²) >= 11 is 5.90. The Hall–Kier alpha value is -3.19. The normalized spacial score (nSPS) is 11.1. The zero-order valence-corrected chi connectivity index (χ0v) is 15.2. The Morgan fingerprint density at radius 3 is 2.56 bits per heavy atom. The highest BCUT2D eigenvalue weighted by Gasteiger charge is 2.18. The third-order valence-corrected chi connectivity index (χ3v) is 4.37. The Kier molecular flexibility index (Phi) is 4.37. The number of fused-ring (bicyclic) bond motifs is 1. The number of hydrogen-bond acceptors (Lipinski definition) is 5. The van der Waals surface area contributed by atoms with Crippen molar-refractivity contribution in [1.29, 1.82) is 0 Å². The lowest BCUT2D eigenvalue weighted by Crippen LogP contribution is -2.11. The van der Waals surface area contributed by atoms with Crippen LogP contribution >= 0.6 is 11.6 Å². The Bertz CT molecular complexity index is 1120. The molecule has 0 aliphatic carbocycles. The number of nitrogens with two attached hydrogens (primary N) is 1. The van der Waals surface area contributed by atoms with Crippen LogP contribution in [0.4, 0.5) is 21.7 Å². The van der Waals surface area contributed by atoms with E-state index in [1.165, 1.54) is 0 Å². The summed E-state index contributed by atoms with van der Waals surface area (Å²) in [6.07, 6.45) is 0.662. The van der Waals surface area contributed by atoms with E-state index in [0.29, 0.717) is 17.1 Å². The van der Waals surface area contributed by atoms with E-state index in [9.17, 15) is 4.39 Å². The highest BCUT2D eigenvalue weighted by Crippen LogP contribution is 2.26. The predicted molar refractivity (Wildman–Crippen MR) is 105 cm³/mol. The molecular formula is C19H16ClFN6. The van der Waals surface area contributed by atoms with E-state index in [0.717, 1.165) is 16.9 Å². The lowest BCUT2D eigenvalue weighted by Gasteiger charge is -2.12. The molecule has 4 rings (SSSR count). The van der Waals surface area contributed by atoms with Gasteiger partial charge in [-0.2, -0.15) is 14.4 Å². The lowest BCUT2D eigenvalue weighted by molar-refractivity contribution is 0.622. The number of para-hydroxylation sites is 2. The molecule has 0 saturated heterocycles. The van der Waals surface area contributed by atoms with Gasteiger partial charge in [-0.05, 0) is 36.4 Å². The smallest absolute Gasteiger partial charge is 0.239 e. The van der Waals surface area contributed by atoms with Gasteiger partial charge in [0.1, 0.15) is 5.82 Å². The summed E-state index contributed by atoms with van der Waals surface area (Å²) < 4.78 is 16.3. The Labute approximate surface area is 159 Å². The third-order valence-electron chi connectivity index (χ3n) is 4.12. The van der Waals surface area contributed by atoms with Crippen LogP contribution in [0.5, 0.6) is 0 Å². The molecule has 0 bridgehead atoms. The van der Waals surface area contributed by atoms with Crippen molar-refractivity contribution in [3.63, 3.8) is 0 Å². The molecule has 0 aliphatic heterocycles. The van der Waals surface area contributed by atoms with Gasteiger partial charge in [-0.1, -0.05) is 30.7 Å². The molecule has 8 heteroatoms. The van der Waals surface area contributed by atoms with E-state index in [2.05, 4.69) is 20.3 Å². The maximum Gasteiger partial charge on any atom is 0.239 e. The largest absolute Gasteiger partial charge is 0.381 e. The van der Waals surface area contributed by atoms with Crippen LogP contribution in [0.1, 0.15) is 12.7 Å². The molecule has 0 spiro atoms. The number of aromatic nitrogens is 4. The van der Waals surface area contributed by atoms with Crippen molar-refractivity contribution in [1.82, 2.24) is 19.5 Å². The quantitative estimate of drug-likeness (QED) is 0.543. The minimum atomic E-state index is -0.712. The molecular weight excluding hydrogens is 367 g/mol. The van der Waals surface area contributed by atoms with E-state index in [4.69, 9.17) is 17.3 Å². The number of nitrogens with one attached hydrogen (secondary N) is 1. The molecule has 4 aromatic rings. The fourth-order valence-electron chi connectivity index (χ4n) is 2.84. The highest BCUT2D eigenvalue weighted by molar-refractivity contribution is 6.30. The van der Waals surface area contributed by atoms with Crippen LogP contribution in [0.15, 0.2) is 48.5 Å². The summed E-state index contributed by atoms with van der Waals surface area (Å²) in [5, 5.41) is 3.51. The van der Waals surface area contributed by atoms with Crippen molar-refractivity contribution in [2.75, 3.05) is 11.1 Å². The van der Waals surface area contributed by atoms with Crippen LogP contribution in [0.3, 0.4) is 0 Å². The number of nitrogen functional groups attached to an aromatic ring is 1. The predicted octanol–water partition coefficient (Wildman–Crippen LogP) is 4.50. The van der Waals surface area contributed by atoms with E-state index in [1.54, 1.807) is 28.8 Å². The molecule has 0 aliphatic rings. The zero-order chi connectivity index (χ0) is 19.0. The minimum Gasteiger partial charge on any atom is -0.381 e. The van der Waals surface area contributed by atoms with Gasteiger partial charge in [-0.25, -0.2) is 4.98 Å². The Morgan fingerprint density at radius 2 is 1.81 bits per heavy atom. The second-order valence-electron chi connectivity index (χ2n) is 5.91. The number of anilines is 3. The van der Waals surface area contributed by atoms with Crippen molar-refractivity contribution >= 4 is 40.0 Å². The molecule has 0 fully saturated rings. The average molecular weight is 383 g/mol. The standard InChI is InChI=1S/C19H16ClFN6/c1-2-15-24-13-5-3-4-6-14(13)27(15)19-25-17(22)16(21)18(26-19)23-12-9-7-11(20)8-10-12/h3-10H,2H2,1H3,(H3,22,23,25,26). The SMILES string of the molecule is CCc1nc2ccccc2n1-c1nc(N)c(F)c(Nc2ccc(Cl)cc2)n1. The average Bonchev–Trinajstić information content (AvgIpc) is 3.05. The van der Waals surface area contributed by atoms with E-state index < -0.39 is 5.82 Å². The monoisotopic (exact) mass is 382 g/mol. The summed E-state index contributed by atoms with van der Waals surface area (Å²) in [6.45, 7) is 1.98. The van der Waals surface area contributed by atoms with Crippen LogP contribution in [0, 0.1) is 5.82 Å². The molecule has 0 radical (unpaired) electrons. The molecule has 0 unspecified atom stereocenters. The van der Waals surface area contributed by atoms with Gasteiger partial charge in [-0.3, -0.25) is 4.57 Å². The number of halogens is 2. The highest BCUT2D eigenvalue weighted by atomic mass is 35.5. The second-order valence-corrected chi connectivity index (χ2v) is 6.35. The van der Waals surface area contributed by atoms with Gasteiger partial charge in [0.25, 0.3) is 0 Å². The van der Waals surface area contributed by atoms with Crippen molar-refractivity contribution in [3.8, 4) is 5.95 Å². The zero-order valence-electron chi connectivity index (χ0n) is 14.4. The Balaban J connectivity index is 1.85. The molecule has 0 amide bonds. The first-order valence-electron chi connectivity index (χ1n) is 8.39. The van der Waals surface area contributed by atoms with Crippen molar-refractivity contribution in [2.24, 2.45) is 0 Å². The van der Waals surface area contributed by atoms with Crippen molar-refractivity contribution < 1.29 is 4.39 Å². The summed E-state index contributed by atoms with van der Waals surface area (Å²) in [7, 11) is 0. The maximum atomic E-state index is 14.5. The van der Waals surface area contributed by atoms with Gasteiger partial charge in [0, 0.05) is 17.1 Å². The number of aryl methyl sites for hydroxylation is 1. The van der Waals surface area contributed by atoms with Crippen LogP contribution in [-0.2, 0) is 6.42 Å². The van der Waals surface area contributed by atoms with Gasteiger partial charge in [0.05, 0.1) is 11.0 Å². The molecule has 6 nitrogen and oxygen atoms in total. The second kappa shape index (κ2) is 6.85. The number of hydrogen-bond donors (Lipinski definition) is 2. The first kappa shape index (κ1) is 17.2. The number of rotatable bonds is 4. The fourth-order valence-corrected chi connectivity index (χ4v) is 2.97. The maximum absolute atomic E-state index is 14.5. The van der Waals surface area contributed by atoms with Crippen LogP contribution in [-0.4, -0.2) is 19.5 Å². The number of imidazole rings is 1. The third kappa shape index (κ3) is 3.17. The molecule has 136 valence electrons. The number of nitrogens with zero attached hydrogens (tertiary/aromatic N) is 4. The number of benzene rings is 2. The van der Waals surface area contributed by atoms with Crippen LogP contribution < -0.4 is 11.1 Å². The fraction of sp³-hybridized carbons (Fsp3) is 0.105. The first-order chi connectivity index (χ1) is 13.1. The lowest BCUT2D eigenvalue weighted by atomic mass is 10.3. The summed E-state index contributed by atoms with van der Waals surface area (Å²) in [4.78, 5) is 13.1. The van der Waals surface area contributed by atoms with Crippen LogP contribution in [0.25, 0.3) is 17.0 Å². The molecule has 3 N–H and O–H groups in total. The van der Waals surface area contributed by atoms with Gasteiger partial charge in [-0.15, -0.1) is 0 Å². The van der Waals surface area contributed by atoms with E-state index >= 15 is 0 Å².